The normalized spacial score (nSPS) is 14.2. The van der Waals surface area contributed by atoms with Crippen molar-refractivity contribution in [1.82, 2.24) is 15.0 Å². The molecule has 3 heterocycles. The molecule has 1 saturated heterocycles. The van der Waals surface area contributed by atoms with Crippen LogP contribution >= 0.6 is 22.9 Å². The van der Waals surface area contributed by atoms with E-state index in [0.29, 0.717) is 59.3 Å². The Hall–Kier alpha value is -3.06. The van der Waals surface area contributed by atoms with Crippen LogP contribution < -0.4 is 4.90 Å². The average molecular weight is 567 g/mol. The molecule has 0 bridgehead atoms. The second-order valence-electron chi connectivity index (χ2n) is 8.12. The molecule has 2 aromatic carbocycles. The van der Waals surface area contributed by atoms with Crippen molar-refractivity contribution in [1.29, 1.82) is 0 Å². The van der Waals surface area contributed by atoms with Crippen molar-refractivity contribution in [3.63, 3.8) is 0 Å². The molecule has 7 nitrogen and oxygen atoms in total. The van der Waals surface area contributed by atoms with Crippen molar-refractivity contribution in [2.24, 2.45) is 0 Å². The predicted molar refractivity (Wildman–Crippen MR) is 134 cm³/mol. The van der Waals surface area contributed by atoms with E-state index in [1.807, 2.05) is 4.90 Å². The van der Waals surface area contributed by atoms with E-state index in [4.69, 9.17) is 21.3 Å². The summed E-state index contributed by atoms with van der Waals surface area (Å²) in [6.45, 7) is 2.34. The van der Waals surface area contributed by atoms with Gasteiger partial charge in [-0.05, 0) is 54.1 Å². The summed E-state index contributed by atoms with van der Waals surface area (Å²) in [4.78, 5) is 14.8. The molecule has 37 heavy (non-hydrogen) atoms. The van der Waals surface area contributed by atoms with Crippen molar-refractivity contribution in [2.75, 3.05) is 31.2 Å². The second-order valence-corrected chi connectivity index (χ2v) is 11.4. The molecule has 5 rings (SSSR count). The molecule has 2 aromatic heterocycles. The first-order valence-electron chi connectivity index (χ1n) is 11.0. The Morgan fingerprint density at radius 2 is 1.76 bits per heavy atom. The molecule has 1 fully saturated rings. The molecule has 0 spiro atoms. The van der Waals surface area contributed by atoms with Crippen LogP contribution in [0.1, 0.15) is 5.56 Å². The Morgan fingerprint density at radius 1 is 1.00 bits per heavy atom. The molecule has 0 N–H and O–H groups in total. The summed E-state index contributed by atoms with van der Waals surface area (Å²) in [5, 5.41) is 0.719. The molecule has 0 aliphatic carbocycles. The molecule has 1 aliphatic heterocycles. The lowest BCUT2D eigenvalue weighted by Crippen LogP contribution is -2.36. The Labute approximate surface area is 219 Å². The van der Waals surface area contributed by atoms with Gasteiger partial charge in [-0.1, -0.05) is 11.3 Å². The van der Waals surface area contributed by atoms with E-state index in [-0.39, 0.29) is 10.8 Å². The molecule has 0 amide bonds. The molecule has 0 radical (unpaired) electrons. The Balaban J connectivity index is 1.58. The van der Waals surface area contributed by atoms with E-state index >= 15 is 0 Å². The number of thiazole rings is 1. The quantitative estimate of drug-likeness (QED) is 0.298. The van der Waals surface area contributed by atoms with Gasteiger partial charge in [-0.3, -0.25) is 0 Å². The van der Waals surface area contributed by atoms with E-state index in [2.05, 4.69) is 9.97 Å². The number of benzene rings is 2. The number of hydrogen-bond donors (Lipinski definition) is 0. The first-order valence-corrected chi connectivity index (χ1v) is 13.8. The van der Waals surface area contributed by atoms with Gasteiger partial charge in [-0.25, -0.2) is 36.5 Å². The van der Waals surface area contributed by atoms with E-state index in [1.165, 1.54) is 29.7 Å². The Bertz CT molecular complexity index is 1580. The summed E-state index contributed by atoms with van der Waals surface area (Å²) < 4.78 is 73.7. The number of anilines is 1. The predicted octanol–water partition coefficient (Wildman–Crippen LogP) is 5.15. The van der Waals surface area contributed by atoms with Gasteiger partial charge in [0.15, 0.2) is 15.0 Å². The summed E-state index contributed by atoms with van der Waals surface area (Å²) in [7, 11) is -4.40. The summed E-state index contributed by atoms with van der Waals surface area (Å²) >= 11 is 7.36. The van der Waals surface area contributed by atoms with Gasteiger partial charge >= 0.3 is 0 Å². The van der Waals surface area contributed by atoms with Crippen LogP contribution in [0.5, 0.6) is 0 Å². The highest BCUT2D eigenvalue weighted by molar-refractivity contribution is 7.90. The Kier molecular flexibility index (Phi) is 7.17. The van der Waals surface area contributed by atoms with E-state index in [9.17, 15) is 21.6 Å². The Morgan fingerprint density at radius 3 is 2.51 bits per heavy atom. The summed E-state index contributed by atoms with van der Waals surface area (Å²) in [6.07, 6.45) is 1.50. The van der Waals surface area contributed by atoms with Crippen molar-refractivity contribution in [3.05, 3.63) is 77.0 Å². The lowest BCUT2D eigenvalue weighted by atomic mass is 10.1. The molecule has 1 aliphatic rings. The topological polar surface area (TPSA) is 85.3 Å². The third-order valence-corrected chi connectivity index (χ3v) is 8.64. The number of rotatable bonds is 6. The van der Waals surface area contributed by atoms with Gasteiger partial charge < -0.3 is 9.64 Å². The largest absolute Gasteiger partial charge is 0.378 e. The summed E-state index contributed by atoms with van der Waals surface area (Å²) in [5.74, 6) is -3.71. The minimum atomic E-state index is -4.40. The molecule has 4 aromatic rings. The van der Waals surface area contributed by atoms with Crippen LogP contribution in [0.2, 0.25) is 5.28 Å². The first kappa shape index (κ1) is 25.6. The molecule has 192 valence electrons. The van der Waals surface area contributed by atoms with Crippen LogP contribution in [0.15, 0.2) is 53.6 Å². The molecule has 13 heteroatoms. The SMILES string of the molecule is O=S(=O)(Cc1cc(-c2nc(N3CCOCC3)sc2-c2ccnc(Cl)n2)ccc1F)c1cc(F)ccc1F. The highest BCUT2D eigenvalue weighted by Gasteiger charge is 2.25. The average Bonchev–Trinajstić information content (AvgIpc) is 3.33. The molecule has 0 unspecified atom stereocenters. The van der Waals surface area contributed by atoms with Gasteiger partial charge in [0.2, 0.25) is 5.28 Å². The van der Waals surface area contributed by atoms with Crippen molar-refractivity contribution in [2.45, 2.75) is 10.6 Å². The lowest BCUT2D eigenvalue weighted by molar-refractivity contribution is 0.122. The van der Waals surface area contributed by atoms with Gasteiger partial charge in [0.05, 0.1) is 35.2 Å². The molecule has 0 atom stereocenters. The molecule has 0 saturated carbocycles. The lowest BCUT2D eigenvalue weighted by Gasteiger charge is -2.26. The fraction of sp³-hybridized carbons (Fsp3) is 0.208. The fourth-order valence-electron chi connectivity index (χ4n) is 3.86. The van der Waals surface area contributed by atoms with Gasteiger partial charge in [0.1, 0.15) is 22.3 Å². The van der Waals surface area contributed by atoms with Gasteiger partial charge in [-0.2, -0.15) is 0 Å². The van der Waals surface area contributed by atoms with Crippen LogP contribution in [0.4, 0.5) is 18.3 Å². The second kappa shape index (κ2) is 10.4. The maximum atomic E-state index is 14.8. The van der Waals surface area contributed by atoms with E-state index in [0.717, 1.165) is 18.2 Å². The number of sulfone groups is 1. The van der Waals surface area contributed by atoms with Crippen molar-refractivity contribution < 1.29 is 26.3 Å². The smallest absolute Gasteiger partial charge is 0.222 e. The third-order valence-electron chi connectivity index (χ3n) is 5.65. The summed E-state index contributed by atoms with van der Waals surface area (Å²) in [6, 6.07) is 7.70. The first-order chi connectivity index (χ1) is 17.7. The number of ether oxygens (including phenoxy) is 1. The maximum Gasteiger partial charge on any atom is 0.222 e. The van der Waals surface area contributed by atoms with Crippen LogP contribution in [0.3, 0.4) is 0 Å². The number of hydrogen-bond acceptors (Lipinski definition) is 8. The van der Waals surface area contributed by atoms with E-state index < -0.39 is 37.9 Å². The number of morpholine rings is 1. The minimum absolute atomic E-state index is 0.0350. The minimum Gasteiger partial charge on any atom is -0.378 e. The van der Waals surface area contributed by atoms with Gasteiger partial charge in [-0.15, -0.1) is 0 Å². The third kappa shape index (κ3) is 5.47. The van der Waals surface area contributed by atoms with Crippen LogP contribution in [-0.2, 0) is 20.3 Å². The number of aromatic nitrogens is 3. The zero-order chi connectivity index (χ0) is 26.2. The van der Waals surface area contributed by atoms with Crippen LogP contribution in [0.25, 0.3) is 21.8 Å². The zero-order valence-electron chi connectivity index (χ0n) is 19.0. The fourth-order valence-corrected chi connectivity index (χ4v) is 6.56. The zero-order valence-corrected chi connectivity index (χ0v) is 21.4. The molecular formula is C24H18ClF3N4O3S2. The van der Waals surface area contributed by atoms with Gasteiger partial charge in [0.25, 0.3) is 0 Å². The van der Waals surface area contributed by atoms with Crippen LogP contribution in [-0.4, -0.2) is 49.7 Å². The number of nitrogens with zero attached hydrogens (tertiary/aromatic N) is 4. The van der Waals surface area contributed by atoms with E-state index in [1.54, 1.807) is 6.07 Å². The maximum absolute atomic E-state index is 14.8. The van der Waals surface area contributed by atoms with Crippen molar-refractivity contribution in [3.8, 4) is 21.8 Å². The number of halogens is 4. The van der Waals surface area contributed by atoms with Gasteiger partial charge in [0, 0.05) is 30.4 Å². The monoisotopic (exact) mass is 566 g/mol. The highest BCUT2D eigenvalue weighted by atomic mass is 35.5. The van der Waals surface area contributed by atoms with Crippen LogP contribution in [0, 0.1) is 17.5 Å². The van der Waals surface area contributed by atoms with Crippen molar-refractivity contribution >= 4 is 37.9 Å². The standard InChI is InChI=1S/C24H18ClF3N4O3S2/c25-23-29-6-5-19(30-23)22-21(31-24(36-22)32-7-9-35-10-8-32)14-1-3-17(27)15(11-14)13-37(33,34)20-12-16(26)2-4-18(20)28/h1-6,11-12H,7-10,13H2. The summed E-state index contributed by atoms with van der Waals surface area (Å²) in [5.41, 5.74) is 1.14. The highest BCUT2D eigenvalue weighted by Crippen LogP contribution is 2.40. The molecular weight excluding hydrogens is 549 g/mol.